The minimum atomic E-state index is -2.47. The zero-order chi connectivity index (χ0) is 14.1. The largest absolute Gasteiger partial charge is 0.375 e. The molecule has 1 amide bonds. The first-order chi connectivity index (χ1) is 9.13. The summed E-state index contributed by atoms with van der Waals surface area (Å²) in [6.07, 6.45) is -1.38. The molecule has 0 spiro atoms. The number of rotatable bonds is 7. The van der Waals surface area contributed by atoms with E-state index in [4.69, 9.17) is 10.5 Å². The van der Waals surface area contributed by atoms with E-state index in [1.165, 1.54) is 0 Å². The Labute approximate surface area is 112 Å². The maximum atomic E-state index is 11.9. The maximum Gasteiger partial charge on any atom is 0.261 e. The molecule has 1 aliphatic rings. The van der Waals surface area contributed by atoms with Crippen LogP contribution in [0.3, 0.4) is 0 Å². The minimum absolute atomic E-state index is 0.0242. The summed E-state index contributed by atoms with van der Waals surface area (Å²) in [5.74, 6) is -0.0242. The highest BCUT2D eigenvalue weighted by molar-refractivity contribution is 5.76. The van der Waals surface area contributed by atoms with Crippen LogP contribution in [0.2, 0.25) is 0 Å². The number of amides is 1. The quantitative estimate of drug-likeness (QED) is 0.674. The molecular formula is C12H23F2N3O2. The van der Waals surface area contributed by atoms with Crippen LogP contribution in [-0.4, -0.2) is 74.6 Å². The lowest BCUT2D eigenvalue weighted by atomic mass is 10.3. The van der Waals surface area contributed by atoms with Gasteiger partial charge in [-0.05, 0) is 13.0 Å². The molecule has 1 heterocycles. The van der Waals surface area contributed by atoms with Crippen LogP contribution >= 0.6 is 0 Å². The van der Waals surface area contributed by atoms with Crippen LogP contribution in [0.1, 0.15) is 12.8 Å². The Morgan fingerprint density at radius 2 is 2.05 bits per heavy atom. The average Bonchev–Trinajstić information content (AvgIpc) is 2.60. The predicted octanol–water partition coefficient (Wildman–Crippen LogP) is 0.151. The zero-order valence-corrected chi connectivity index (χ0v) is 11.2. The fourth-order valence-corrected chi connectivity index (χ4v) is 2.12. The molecule has 0 aromatic carbocycles. The average molecular weight is 279 g/mol. The summed E-state index contributed by atoms with van der Waals surface area (Å²) < 4.78 is 28.4. The topological polar surface area (TPSA) is 58.8 Å². The van der Waals surface area contributed by atoms with Crippen molar-refractivity contribution >= 4 is 5.91 Å². The molecule has 1 fully saturated rings. The number of carbonyl (C=O) groups is 1. The van der Waals surface area contributed by atoms with Gasteiger partial charge in [-0.15, -0.1) is 0 Å². The summed E-state index contributed by atoms with van der Waals surface area (Å²) in [6.45, 7) is 4.09. The van der Waals surface area contributed by atoms with E-state index < -0.39 is 13.0 Å². The van der Waals surface area contributed by atoms with E-state index >= 15 is 0 Å². The lowest BCUT2D eigenvalue weighted by molar-refractivity contribution is -0.132. The molecule has 1 aliphatic heterocycles. The van der Waals surface area contributed by atoms with Crippen molar-refractivity contribution in [2.75, 3.05) is 52.5 Å². The second kappa shape index (κ2) is 9.17. The second-order valence-corrected chi connectivity index (χ2v) is 4.58. The van der Waals surface area contributed by atoms with Crippen molar-refractivity contribution in [3.63, 3.8) is 0 Å². The van der Waals surface area contributed by atoms with E-state index in [0.717, 1.165) is 32.6 Å². The molecule has 19 heavy (non-hydrogen) atoms. The molecule has 0 unspecified atom stereocenters. The summed E-state index contributed by atoms with van der Waals surface area (Å²) in [5, 5.41) is 0. The monoisotopic (exact) mass is 279 g/mol. The van der Waals surface area contributed by atoms with Gasteiger partial charge >= 0.3 is 0 Å². The minimum Gasteiger partial charge on any atom is -0.375 e. The van der Waals surface area contributed by atoms with Crippen molar-refractivity contribution in [2.45, 2.75) is 19.3 Å². The van der Waals surface area contributed by atoms with E-state index in [9.17, 15) is 13.6 Å². The van der Waals surface area contributed by atoms with Crippen LogP contribution in [0.4, 0.5) is 8.78 Å². The molecule has 0 aromatic heterocycles. The zero-order valence-electron chi connectivity index (χ0n) is 11.2. The Bertz CT molecular complexity index is 267. The molecule has 112 valence electrons. The van der Waals surface area contributed by atoms with Crippen LogP contribution in [0.25, 0.3) is 0 Å². The molecule has 1 saturated heterocycles. The number of alkyl halides is 2. The SMILES string of the molecule is NCCN1CCCN(C(=O)CCOCC(F)F)CC1. The molecular weight excluding hydrogens is 256 g/mol. The van der Waals surface area contributed by atoms with Gasteiger partial charge in [-0.3, -0.25) is 4.79 Å². The van der Waals surface area contributed by atoms with E-state index in [0.29, 0.717) is 13.1 Å². The smallest absolute Gasteiger partial charge is 0.261 e. The first-order valence-corrected chi connectivity index (χ1v) is 6.69. The maximum absolute atomic E-state index is 11.9. The fourth-order valence-electron chi connectivity index (χ4n) is 2.12. The van der Waals surface area contributed by atoms with Gasteiger partial charge in [0.1, 0.15) is 6.61 Å². The highest BCUT2D eigenvalue weighted by Crippen LogP contribution is 2.05. The van der Waals surface area contributed by atoms with E-state index in [1.807, 2.05) is 0 Å². The molecule has 2 N–H and O–H groups in total. The summed E-state index contributed by atoms with van der Waals surface area (Å²) in [7, 11) is 0. The summed E-state index contributed by atoms with van der Waals surface area (Å²) in [4.78, 5) is 15.9. The van der Waals surface area contributed by atoms with Gasteiger partial charge in [0.25, 0.3) is 6.43 Å². The molecule has 1 rings (SSSR count). The lowest BCUT2D eigenvalue weighted by Crippen LogP contribution is -2.36. The first kappa shape index (κ1) is 16.3. The Balaban J connectivity index is 2.21. The standard InChI is InChI=1S/C12H23F2N3O2/c13-11(14)10-19-9-2-12(18)17-5-1-4-16(6-3-15)7-8-17/h11H,1-10,15H2. The molecule has 5 nitrogen and oxygen atoms in total. The van der Waals surface area contributed by atoms with Crippen LogP contribution < -0.4 is 5.73 Å². The molecule has 0 saturated carbocycles. The number of hydrogen-bond acceptors (Lipinski definition) is 4. The Morgan fingerprint density at radius 1 is 1.26 bits per heavy atom. The van der Waals surface area contributed by atoms with E-state index in [1.54, 1.807) is 4.90 Å². The number of nitrogens with zero attached hydrogens (tertiary/aromatic N) is 2. The van der Waals surface area contributed by atoms with Gasteiger partial charge in [0.15, 0.2) is 0 Å². The second-order valence-electron chi connectivity index (χ2n) is 4.58. The van der Waals surface area contributed by atoms with Crippen molar-refractivity contribution in [3.05, 3.63) is 0 Å². The van der Waals surface area contributed by atoms with Crippen LogP contribution in [0.5, 0.6) is 0 Å². The van der Waals surface area contributed by atoms with Crippen molar-refractivity contribution in [3.8, 4) is 0 Å². The first-order valence-electron chi connectivity index (χ1n) is 6.69. The number of nitrogens with two attached hydrogens (primary N) is 1. The third-order valence-electron chi connectivity index (χ3n) is 3.09. The number of halogens is 2. The molecule has 0 radical (unpaired) electrons. The highest BCUT2D eigenvalue weighted by Gasteiger charge is 2.18. The fraction of sp³-hybridized carbons (Fsp3) is 0.917. The third-order valence-corrected chi connectivity index (χ3v) is 3.09. The highest BCUT2D eigenvalue weighted by atomic mass is 19.3. The van der Waals surface area contributed by atoms with Gasteiger partial charge in [0.2, 0.25) is 5.91 Å². The van der Waals surface area contributed by atoms with Crippen LogP contribution in [0.15, 0.2) is 0 Å². The van der Waals surface area contributed by atoms with E-state index in [2.05, 4.69) is 4.90 Å². The Hall–Kier alpha value is -0.790. The van der Waals surface area contributed by atoms with Gasteiger partial charge in [0.05, 0.1) is 13.0 Å². The predicted molar refractivity (Wildman–Crippen MR) is 68.1 cm³/mol. The van der Waals surface area contributed by atoms with Gasteiger partial charge in [-0.2, -0.15) is 0 Å². The summed E-state index contributed by atoms with van der Waals surface area (Å²) in [6, 6.07) is 0. The van der Waals surface area contributed by atoms with Crippen molar-refractivity contribution in [1.29, 1.82) is 0 Å². The Kier molecular flexibility index (Phi) is 7.85. The number of hydrogen-bond donors (Lipinski definition) is 1. The molecule has 0 atom stereocenters. The van der Waals surface area contributed by atoms with Gasteiger partial charge in [0, 0.05) is 32.7 Å². The summed E-state index contributed by atoms with van der Waals surface area (Å²) in [5.41, 5.74) is 5.51. The number of ether oxygens (including phenoxy) is 1. The van der Waals surface area contributed by atoms with Gasteiger partial charge in [-0.1, -0.05) is 0 Å². The van der Waals surface area contributed by atoms with Crippen molar-refractivity contribution < 1.29 is 18.3 Å². The molecule has 0 bridgehead atoms. The summed E-state index contributed by atoms with van der Waals surface area (Å²) >= 11 is 0. The lowest BCUT2D eigenvalue weighted by Gasteiger charge is -2.21. The Morgan fingerprint density at radius 3 is 2.74 bits per heavy atom. The molecule has 0 aromatic rings. The normalized spacial score (nSPS) is 17.8. The van der Waals surface area contributed by atoms with Crippen LogP contribution in [-0.2, 0) is 9.53 Å². The van der Waals surface area contributed by atoms with Crippen LogP contribution in [0, 0.1) is 0 Å². The van der Waals surface area contributed by atoms with Gasteiger partial charge < -0.3 is 20.3 Å². The number of carbonyl (C=O) groups excluding carboxylic acids is 1. The van der Waals surface area contributed by atoms with Crippen molar-refractivity contribution in [1.82, 2.24) is 9.80 Å². The molecule has 0 aliphatic carbocycles. The van der Waals surface area contributed by atoms with E-state index in [-0.39, 0.29) is 18.9 Å². The van der Waals surface area contributed by atoms with Crippen molar-refractivity contribution in [2.24, 2.45) is 5.73 Å². The third kappa shape index (κ3) is 6.79. The molecule has 7 heteroatoms. The van der Waals surface area contributed by atoms with Gasteiger partial charge in [-0.25, -0.2) is 8.78 Å².